The minimum Gasteiger partial charge on any atom is -0.355 e. The maximum absolute atomic E-state index is 11.4. The van der Waals surface area contributed by atoms with Crippen LogP contribution in [-0.4, -0.2) is 5.78 Å². The standard InChI is InChI=1S/C26H21NOS/c1-19(28)20-11-15-23(16-12-20)29-24-17-13-21(14-18-24)25-9-5-6-10-26(25)27-22-7-3-2-4-8-22/h2-18,27H,1H3. The molecule has 29 heavy (non-hydrogen) atoms. The van der Waals surface area contributed by atoms with Crippen molar-refractivity contribution in [1.29, 1.82) is 0 Å². The predicted octanol–water partition coefficient (Wildman–Crippen LogP) is 7.45. The largest absolute Gasteiger partial charge is 0.355 e. The molecule has 0 aliphatic heterocycles. The van der Waals surface area contributed by atoms with Crippen LogP contribution >= 0.6 is 11.8 Å². The number of ketones is 1. The van der Waals surface area contributed by atoms with Gasteiger partial charge in [0.2, 0.25) is 0 Å². The molecule has 4 aromatic rings. The number of para-hydroxylation sites is 2. The third-order valence-corrected chi connectivity index (χ3v) is 5.66. The third kappa shape index (κ3) is 4.76. The van der Waals surface area contributed by atoms with E-state index in [4.69, 9.17) is 0 Å². The van der Waals surface area contributed by atoms with Gasteiger partial charge in [-0.05, 0) is 55.0 Å². The topological polar surface area (TPSA) is 29.1 Å². The second-order valence-corrected chi connectivity index (χ2v) is 7.89. The van der Waals surface area contributed by atoms with Crippen LogP contribution in [-0.2, 0) is 0 Å². The number of carbonyl (C=O) groups is 1. The highest BCUT2D eigenvalue weighted by Gasteiger charge is 2.06. The quantitative estimate of drug-likeness (QED) is 0.344. The molecule has 2 nitrogen and oxygen atoms in total. The first-order valence-electron chi connectivity index (χ1n) is 9.49. The summed E-state index contributed by atoms with van der Waals surface area (Å²) in [4.78, 5) is 13.7. The van der Waals surface area contributed by atoms with Crippen LogP contribution in [0.5, 0.6) is 0 Å². The average molecular weight is 396 g/mol. The number of benzene rings is 4. The Morgan fingerprint density at radius 1 is 0.690 bits per heavy atom. The molecule has 0 radical (unpaired) electrons. The van der Waals surface area contributed by atoms with Gasteiger partial charge in [-0.1, -0.05) is 72.4 Å². The number of Topliss-reactive ketones (excluding diaryl/α,β-unsaturated/α-hetero) is 1. The lowest BCUT2D eigenvalue weighted by Gasteiger charge is -2.13. The zero-order chi connectivity index (χ0) is 20.1. The van der Waals surface area contributed by atoms with Crippen LogP contribution in [0.2, 0.25) is 0 Å². The fraction of sp³-hybridized carbons (Fsp3) is 0.0385. The molecular weight excluding hydrogens is 374 g/mol. The zero-order valence-corrected chi connectivity index (χ0v) is 16.9. The van der Waals surface area contributed by atoms with Gasteiger partial charge >= 0.3 is 0 Å². The van der Waals surface area contributed by atoms with Crippen molar-refractivity contribution in [2.75, 3.05) is 5.32 Å². The van der Waals surface area contributed by atoms with Crippen molar-refractivity contribution in [1.82, 2.24) is 0 Å². The molecule has 0 aromatic heterocycles. The highest BCUT2D eigenvalue weighted by molar-refractivity contribution is 7.99. The Kier molecular flexibility index (Phi) is 5.78. The van der Waals surface area contributed by atoms with E-state index in [-0.39, 0.29) is 5.78 Å². The Hall–Kier alpha value is -3.30. The molecular formula is C26H21NOS. The summed E-state index contributed by atoms with van der Waals surface area (Å²) < 4.78 is 0. The first-order chi connectivity index (χ1) is 14.2. The van der Waals surface area contributed by atoms with Gasteiger partial charge < -0.3 is 5.32 Å². The molecule has 0 atom stereocenters. The SMILES string of the molecule is CC(=O)c1ccc(Sc2ccc(-c3ccccc3Nc3ccccc3)cc2)cc1. The van der Waals surface area contributed by atoms with Crippen molar-refractivity contribution >= 4 is 28.9 Å². The van der Waals surface area contributed by atoms with Crippen LogP contribution in [0.1, 0.15) is 17.3 Å². The molecule has 0 unspecified atom stereocenters. The van der Waals surface area contributed by atoms with Crippen molar-refractivity contribution in [3.05, 3.63) is 109 Å². The number of rotatable bonds is 6. The minimum atomic E-state index is 0.0914. The summed E-state index contributed by atoms with van der Waals surface area (Å²) >= 11 is 1.69. The van der Waals surface area contributed by atoms with Gasteiger partial charge in [-0.3, -0.25) is 4.79 Å². The van der Waals surface area contributed by atoms with Gasteiger partial charge in [0.05, 0.1) is 0 Å². The summed E-state index contributed by atoms with van der Waals surface area (Å²) in [6.45, 7) is 1.59. The van der Waals surface area contributed by atoms with E-state index >= 15 is 0 Å². The molecule has 0 bridgehead atoms. The van der Waals surface area contributed by atoms with Crippen LogP contribution in [0.25, 0.3) is 11.1 Å². The number of carbonyl (C=O) groups excluding carboxylic acids is 1. The average Bonchev–Trinajstić information content (AvgIpc) is 2.76. The first-order valence-corrected chi connectivity index (χ1v) is 10.3. The monoisotopic (exact) mass is 395 g/mol. The van der Waals surface area contributed by atoms with Crippen molar-refractivity contribution in [3.63, 3.8) is 0 Å². The van der Waals surface area contributed by atoms with Crippen LogP contribution in [0.3, 0.4) is 0 Å². The third-order valence-electron chi connectivity index (χ3n) is 4.64. The number of hydrogen-bond donors (Lipinski definition) is 1. The molecule has 4 aromatic carbocycles. The van der Waals surface area contributed by atoms with E-state index in [1.807, 2.05) is 48.5 Å². The van der Waals surface area contributed by atoms with Gasteiger partial charge in [0.1, 0.15) is 0 Å². The van der Waals surface area contributed by atoms with Crippen molar-refractivity contribution in [2.45, 2.75) is 16.7 Å². The Morgan fingerprint density at radius 2 is 1.28 bits per heavy atom. The number of anilines is 2. The molecule has 0 saturated heterocycles. The molecule has 3 heteroatoms. The fourth-order valence-corrected chi connectivity index (χ4v) is 3.93. The van der Waals surface area contributed by atoms with E-state index in [0.717, 1.165) is 26.7 Å². The molecule has 0 amide bonds. The summed E-state index contributed by atoms with van der Waals surface area (Å²) in [7, 11) is 0. The molecule has 0 heterocycles. The van der Waals surface area contributed by atoms with Gasteiger partial charge in [-0.25, -0.2) is 0 Å². The molecule has 0 aliphatic carbocycles. The van der Waals surface area contributed by atoms with Crippen LogP contribution in [0, 0.1) is 0 Å². The van der Waals surface area contributed by atoms with E-state index in [2.05, 4.69) is 59.9 Å². The van der Waals surface area contributed by atoms with Gasteiger partial charge in [-0.15, -0.1) is 0 Å². The van der Waals surface area contributed by atoms with E-state index < -0.39 is 0 Å². The van der Waals surface area contributed by atoms with Crippen molar-refractivity contribution in [2.24, 2.45) is 0 Å². The van der Waals surface area contributed by atoms with Crippen molar-refractivity contribution in [3.8, 4) is 11.1 Å². The minimum absolute atomic E-state index is 0.0914. The smallest absolute Gasteiger partial charge is 0.159 e. The first kappa shape index (κ1) is 19.0. The zero-order valence-electron chi connectivity index (χ0n) is 16.1. The summed E-state index contributed by atoms with van der Waals surface area (Å²) in [5.41, 5.74) is 5.23. The fourth-order valence-electron chi connectivity index (χ4n) is 3.12. The van der Waals surface area contributed by atoms with Crippen molar-refractivity contribution < 1.29 is 4.79 Å². The van der Waals surface area contributed by atoms with E-state index in [0.29, 0.717) is 0 Å². The number of nitrogens with one attached hydrogen (secondary N) is 1. The molecule has 142 valence electrons. The Bertz CT molecular complexity index is 1100. The maximum atomic E-state index is 11.4. The molecule has 0 aliphatic rings. The molecule has 0 saturated carbocycles. The van der Waals surface area contributed by atoms with Gasteiger partial charge in [0.15, 0.2) is 5.78 Å². The summed E-state index contributed by atoms with van der Waals surface area (Å²) in [6, 6.07) is 34.9. The Balaban J connectivity index is 1.53. The summed E-state index contributed by atoms with van der Waals surface area (Å²) in [6.07, 6.45) is 0. The van der Waals surface area contributed by atoms with Crippen LogP contribution in [0.4, 0.5) is 11.4 Å². The molecule has 0 spiro atoms. The highest BCUT2D eigenvalue weighted by Crippen LogP contribution is 2.33. The lowest BCUT2D eigenvalue weighted by atomic mass is 10.0. The summed E-state index contributed by atoms with van der Waals surface area (Å²) in [5, 5.41) is 3.51. The van der Waals surface area contributed by atoms with Gasteiger partial charge in [-0.2, -0.15) is 0 Å². The normalized spacial score (nSPS) is 10.5. The number of hydrogen-bond acceptors (Lipinski definition) is 3. The highest BCUT2D eigenvalue weighted by atomic mass is 32.2. The van der Waals surface area contributed by atoms with E-state index in [1.165, 1.54) is 11.1 Å². The lowest BCUT2D eigenvalue weighted by Crippen LogP contribution is -1.92. The second-order valence-electron chi connectivity index (χ2n) is 6.74. The van der Waals surface area contributed by atoms with Gasteiger partial charge in [0, 0.05) is 32.3 Å². The predicted molar refractivity (Wildman–Crippen MR) is 122 cm³/mol. The second kappa shape index (κ2) is 8.80. The van der Waals surface area contributed by atoms with E-state index in [1.54, 1.807) is 18.7 Å². The molecule has 1 N–H and O–H groups in total. The van der Waals surface area contributed by atoms with E-state index in [9.17, 15) is 4.79 Å². The van der Waals surface area contributed by atoms with Crippen LogP contribution in [0.15, 0.2) is 113 Å². The maximum Gasteiger partial charge on any atom is 0.159 e. The molecule has 4 rings (SSSR count). The van der Waals surface area contributed by atoms with Crippen LogP contribution < -0.4 is 5.32 Å². The lowest BCUT2D eigenvalue weighted by molar-refractivity contribution is 0.101. The van der Waals surface area contributed by atoms with Gasteiger partial charge in [0.25, 0.3) is 0 Å². The summed E-state index contributed by atoms with van der Waals surface area (Å²) in [5.74, 6) is 0.0914. The Labute approximate surface area is 175 Å². The Morgan fingerprint density at radius 3 is 1.93 bits per heavy atom. The molecule has 0 fully saturated rings.